The van der Waals surface area contributed by atoms with E-state index in [0.29, 0.717) is 24.6 Å². The first-order chi connectivity index (χ1) is 11.4. The number of ether oxygens (including phenoxy) is 3. The van der Waals surface area contributed by atoms with Crippen LogP contribution in [0.25, 0.3) is 0 Å². The molecule has 3 aliphatic rings. The van der Waals surface area contributed by atoms with Crippen molar-refractivity contribution in [3.63, 3.8) is 0 Å². The highest BCUT2D eigenvalue weighted by Crippen LogP contribution is 2.32. The molecule has 6 heteroatoms. The van der Waals surface area contributed by atoms with Crippen LogP contribution in [0.1, 0.15) is 19.3 Å². The molecule has 1 aliphatic carbocycles. The second kappa shape index (κ2) is 8.39. The van der Waals surface area contributed by atoms with Crippen LogP contribution < -0.4 is 20.1 Å². The summed E-state index contributed by atoms with van der Waals surface area (Å²) in [5.74, 6) is 2.37. The Labute approximate surface area is 149 Å². The quantitative estimate of drug-likeness (QED) is 0.866. The summed E-state index contributed by atoms with van der Waals surface area (Å²) in [6.45, 7) is 4.12. The van der Waals surface area contributed by atoms with Crippen molar-refractivity contribution in [1.29, 1.82) is 0 Å². The Balaban J connectivity index is 0.00000169. The molecule has 4 atom stereocenters. The van der Waals surface area contributed by atoms with Gasteiger partial charge in [-0.05, 0) is 30.9 Å². The van der Waals surface area contributed by atoms with E-state index in [1.165, 1.54) is 19.3 Å². The molecule has 0 spiro atoms. The minimum Gasteiger partial charge on any atom is -0.486 e. The molecule has 2 aliphatic heterocycles. The molecule has 24 heavy (non-hydrogen) atoms. The van der Waals surface area contributed by atoms with E-state index >= 15 is 0 Å². The van der Waals surface area contributed by atoms with E-state index in [1.54, 1.807) is 0 Å². The lowest BCUT2D eigenvalue weighted by Crippen LogP contribution is -2.52. The Morgan fingerprint density at radius 2 is 2.00 bits per heavy atom. The number of morpholine rings is 1. The molecule has 1 aromatic rings. The third-order valence-corrected chi connectivity index (χ3v) is 5.21. The van der Waals surface area contributed by atoms with E-state index in [2.05, 4.69) is 10.6 Å². The van der Waals surface area contributed by atoms with Gasteiger partial charge in [0.05, 0.1) is 13.2 Å². The number of para-hydroxylation sites is 2. The number of nitrogens with one attached hydrogen (secondary N) is 2. The summed E-state index contributed by atoms with van der Waals surface area (Å²) in [5, 5.41) is 7.35. The molecule has 4 rings (SSSR count). The molecule has 2 heterocycles. The van der Waals surface area contributed by atoms with Crippen molar-refractivity contribution in [2.75, 3.05) is 32.9 Å². The van der Waals surface area contributed by atoms with Crippen LogP contribution in [0.2, 0.25) is 0 Å². The van der Waals surface area contributed by atoms with Gasteiger partial charge in [-0.3, -0.25) is 0 Å². The predicted octanol–water partition coefficient (Wildman–Crippen LogP) is 1.99. The van der Waals surface area contributed by atoms with Gasteiger partial charge in [0, 0.05) is 25.2 Å². The monoisotopic (exact) mass is 354 g/mol. The van der Waals surface area contributed by atoms with Crippen LogP contribution in [0.4, 0.5) is 0 Å². The summed E-state index contributed by atoms with van der Waals surface area (Å²) in [4.78, 5) is 0. The molecule has 1 saturated carbocycles. The lowest BCUT2D eigenvalue weighted by atomic mass is 9.94. The highest BCUT2D eigenvalue weighted by atomic mass is 35.5. The van der Waals surface area contributed by atoms with Crippen molar-refractivity contribution in [1.82, 2.24) is 10.6 Å². The minimum atomic E-state index is 0. The maximum atomic E-state index is 6.04. The fourth-order valence-corrected chi connectivity index (χ4v) is 4.03. The molecule has 0 aromatic heterocycles. The van der Waals surface area contributed by atoms with Crippen LogP contribution in [0, 0.1) is 5.92 Å². The lowest BCUT2D eigenvalue weighted by Gasteiger charge is -2.34. The van der Waals surface area contributed by atoms with Crippen molar-refractivity contribution in [2.24, 2.45) is 5.92 Å². The highest BCUT2D eigenvalue weighted by molar-refractivity contribution is 5.85. The Morgan fingerprint density at radius 1 is 1.12 bits per heavy atom. The zero-order chi connectivity index (χ0) is 15.5. The number of fused-ring (bicyclic) bond motifs is 1. The van der Waals surface area contributed by atoms with Gasteiger partial charge in [0.15, 0.2) is 11.5 Å². The zero-order valence-corrected chi connectivity index (χ0v) is 14.7. The number of hydrogen-bond acceptors (Lipinski definition) is 5. The molecular weight excluding hydrogens is 328 g/mol. The number of halogens is 1. The maximum absolute atomic E-state index is 6.04. The topological polar surface area (TPSA) is 51.8 Å². The maximum Gasteiger partial charge on any atom is 0.161 e. The molecule has 4 unspecified atom stereocenters. The summed E-state index contributed by atoms with van der Waals surface area (Å²) in [6.07, 6.45) is 3.91. The fourth-order valence-electron chi connectivity index (χ4n) is 4.03. The molecular formula is C18H27ClN2O3. The number of hydrogen-bond donors (Lipinski definition) is 2. The van der Waals surface area contributed by atoms with E-state index in [-0.39, 0.29) is 18.5 Å². The van der Waals surface area contributed by atoms with Gasteiger partial charge in [-0.25, -0.2) is 0 Å². The molecule has 0 radical (unpaired) electrons. The zero-order valence-electron chi connectivity index (χ0n) is 13.9. The Bertz CT molecular complexity index is 525. The fraction of sp³-hybridized carbons (Fsp3) is 0.667. The first-order valence-electron chi connectivity index (χ1n) is 8.83. The molecule has 2 fully saturated rings. The summed E-state index contributed by atoms with van der Waals surface area (Å²) >= 11 is 0. The third-order valence-electron chi connectivity index (χ3n) is 5.21. The summed E-state index contributed by atoms with van der Waals surface area (Å²) in [6, 6.07) is 8.94. The number of rotatable bonds is 4. The second-order valence-corrected chi connectivity index (χ2v) is 6.74. The average Bonchev–Trinajstić information content (AvgIpc) is 3.09. The second-order valence-electron chi connectivity index (χ2n) is 6.74. The van der Waals surface area contributed by atoms with Gasteiger partial charge in [-0.1, -0.05) is 18.6 Å². The van der Waals surface area contributed by atoms with E-state index < -0.39 is 0 Å². The van der Waals surface area contributed by atoms with Crippen molar-refractivity contribution in [2.45, 2.75) is 37.5 Å². The predicted molar refractivity (Wildman–Crippen MR) is 95.3 cm³/mol. The Hall–Kier alpha value is -1.01. The molecule has 2 N–H and O–H groups in total. The number of benzene rings is 1. The van der Waals surface area contributed by atoms with Gasteiger partial charge in [0.2, 0.25) is 0 Å². The van der Waals surface area contributed by atoms with E-state index in [4.69, 9.17) is 14.2 Å². The van der Waals surface area contributed by atoms with Gasteiger partial charge in [-0.2, -0.15) is 0 Å². The van der Waals surface area contributed by atoms with E-state index in [1.807, 2.05) is 24.3 Å². The summed E-state index contributed by atoms with van der Waals surface area (Å²) in [5.41, 5.74) is 0. The van der Waals surface area contributed by atoms with Gasteiger partial charge < -0.3 is 24.8 Å². The highest BCUT2D eigenvalue weighted by Gasteiger charge is 2.35. The van der Waals surface area contributed by atoms with Crippen LogP contribution in [0.15, 0.2) is 24.3 Å². The molecule has 5 nitrogen and oxygen atoms in total. The Morgan fingerprint density at radius 3 is 2.83 bits per heavy atom. The van der Waals surface area contributed by atoms with E-state index in [0.717, 1.165) is 37.8 Å². The lowest BCUT2D eigenvalue weighted by molar-refractivity contribution is 0.0493. The van der Waals surface area contributed by atoms with E-state index in [9.17, 15) is 0 Å². The molecule has 0 amide bonds. The van der Waals surface area contributed by atoms with Crippen LogP contribution in [0.3, 0.4) is 0 Å². The van der Waals surface area contributed by atoms with Crippen LogP contribution in [-0.4, -0.2) is 51.1 Å². The Kier molecular flexibility index (Phi) is 6.22. The first-order valence-corrected chi connectivity index (χ1v) is 8.83. The van der Waals surface area contributed by atoms with Gasteiger partial charge in [-0.15, -0.1) is 12.4 Å². The van der Waals surface area contributed by atoms with Gasteiger partial charge in [0.25, 0.3) is 0 Å². The van der Waals surface area contributed by atoms with Crippen molar-refractivity contribution < 1.29 is 14.2 Å². The van der Waals surface area contributed by atoms with Crippen molar-refractivity contribution >= 4 is 12.4 Å². The summed E-state index contributed by atoms with van der Waals surface area (Å²) < 4.78 is 17.5. The minimum absolute atomic E-state index is 0. The largest absolute Gasteiger partial charge is 0.486 e. The standard InChI is InChI=1S/C18H26N2O3.ClH/c1-2-7-18-17(6-1)22-11-13(23-18)10-20-15-5-3-4-14(15)16-12-21-9-8-19-16;/h1-2,6-7,13-16,19-20H,3-5,8-12H2;1H. The molecule has 0 bridgehead atoms. The molecule has 1 saturated heterocycles. The SMILES string of the molecule is Cl.c1ccc2c(c1)OCC(CNC1CCCC1C1COCCN1)O2. The normalized spacial score (nSPS) is 32.2. The van der Waals surface area contributed by atoms with Crippen LogP contribution in [0.5, 0.6) is 11.5 Å². The third kappa shape index (κ3) is 3.97. The van der Waals surface area contributed by atoms with Crippen molar-refractivity contribution in [3.8, 4) is 11.5 Å². The molecule has 1 aromatic carbocycles. The van der Waals surface area contributed by atoms with Crippen molar-refractivity contribution in [3.05, 3.63) is 24.3 Å². The summed E-state index contributed by atoms with van der Waals surface area (Å²) in [7, 11) is 0. The smallest absolute Gasteiger partial charge is 0.161 e. The molecule has 134 valence electrons. The van der Waals surface area contributed by atoms with Gasteiger partial charge >= 0.3 is 0 Å². The van der Waals surface area contributed by atoms with Crippen LogP contribution in [-0.2, 0) is 4.74 Å². The average molecular weight is 355 g/mol. The first kappa shape index (κ1) is 17.8. The van der Waals surface area contributed by atoms with Gasteiger partial charge in [0.1, 0.15) is 12.7 Å². The van der Waals surface area contributed by atoms with Crippen LogP contribution >= 0.6 is 12.4 Å².